The van der Waals surface area contributed by atoms with Crippen LogP contribution in [0.2, 0.25) is 0 Å². The Balaban J connectivity index is 1.59. The second-order valence-electron chi connectivity index (χ2n) is 8.71. The zero-order chi connectivity index (χ0) is 26.2. The van der Waals surface area contributed by atoms with Crippen LogP contribution >= 0.6 is 0 Å². The number of nitrogens with zero attached hydrogens (tertiary/aromatic N) is 2. The first-order valence-corrected chi connectivity index (χ1v) is 14.8. The van der Waals surface area contributed by atoms with Crippen molar-refractivity contribution in [1.29, 1.82) is 0 Å². The van der Waals surface area contributed by atoms with E-state index < -0.39 is 31.7 Å². The fourth-order valence-electron chi connectivity index (χ4n) is 4.51. The summed E-state index contributed by atoms with van der Waals surface area (Å²) in [5.74, 6) is 0.565. The van der Waals surface area contributed by atoms with Crippen LogP contribution in [0.4, 0.5) is 5.69 Å². The van der Waals surface area contributed by atoms with Gasteiger partial charge in [-0.2, -0.15) is 21.4 Å². The zero-order valence-electron chi connectivity index (χ0n) is 19.6. The number of rotatable bonds is 9. The number of fused-ring (bicyclic) bond motifs is 4. The van der Waals surface area contributed by atoms with Gasteiger partial charge in [-0.25, -0.2) is 0 Å². The number of ether oxygens (including phenoxy) is 1. The van der Waals surface area contributed by atoms with Crippen LogP contribution in [0, 0.1) is 0 Å². The summed E-state index contributed by atoms with van der Waals surface area (Å²) in [5.41, 5.74) is 2.10. The molecule has 1 aliphatic rings. The molecule has 0 fully saturated rings. The number of para-hydroxylation sites is 2. The van der Waals surface area contributed by atoms with Crippen LogP contribution in [0.5, 0.6) is 5.75 Å². The predicted molar refractivity (Wildman–Crippen MR) is 138 cm³/mol. The summed E-state index contributed by atoms with van der Waals surface area (Å²) in [6, 6.07) is 18.8. The van der Waals surface area contributed by atoms with Crippen LogP contribution in [0.25, 0.3) is 27.9 Å². The molecular formula is C25H25N2O8S2+. The fourth-order valence-corrected chi connectivity index (χ4v) is 5.50. The van der Waals surface area contributed by atoms with E-state index in [0.717, 1.165) is 22.0 Å². The van der Waals surface area contributed by atoms with E-state index in [1.54, 1.807) is 17.0 Å². The van der Waals surface area contributed by atoms with Gasteiger partial charge < -0.3 is 14.1 Å². The molecule has 0 unspecified atom stereocenters. The summed E-state index contributed by atoms with van der Waals surface area (Å²) in [7, 11) is -8.25. The Labute approximate surface area is 213 Å². The van der Waals surface area contributed by atoms with Crippen molar-refractivity contribution >= 4 is 53.9 Å². The van der Waals surface area contributed by atoms with Gasteiger partial charge in [-0.05, 0) is 36.1 Å². The SMILES string of the molecule is O=S(=O)(O)CCCN1/C(=C/c2oc3ccc4ccccc4c3[n+]2CCCS(=O)(=O)O)Oc2ccccc21. The average molecular weight is 546 g/mol. The third kappa shape index (κ3) is 5.62. The van der Waals surface area contributed by atoms with Crippen molar-refractivity contribution in [2.45, 2.75) is 19.4 Å². The summed E-state index contributed by atoms with van der Waals surface area (Å²) in [4.78, 5) is 1.80. The predicted octanol–water partition coefficient (Wildman–Crippen LogP) is 3.63. The highest BCUT2D eigenvalue weighted by atomic mass is 32.2. The molecule has 1 aliphatic heterocycles. The number of anilines is 1. The third-order valence-corrected chi connectivity index (χ3v) is 7.67. The van der Waals surface area contributed by atoms with Gasteiger partial charge in [0.25, 0.3) is 25.8 Å². The number of aryl methyl sites for hydroxylation is 1. The maximum Gasteiger partial charge on any atom is 0.379 e. The summed E-state index contributed by atoms with van der Waals surface area (Å²) in [5, 5.41) is 1.90. The quantitative estimate of drug-likeness (QED) is 0.238. The monoisotopic (exact) mass is 545 g/mol. The summed E-state index contributed by atoms with van der Waals surface area (Å²) in [6.45, 7) is 0.504. The van der Waals surface area contributed by atoms with Crippen LogP contribution in [-0.2, 0) is 26.8 Å². The second kappa shape index (κ2) is 9.78. The van der Waals surface area contributed by atoms with Gasteiger partial charge in [0.15, 0.2) is 12.3 Å². The molecule has 3 aromatic carbocycles. The van der Waals surface area contributed by atoms with Crippen molar-refractivity contribution in [3.8, 4) is 5.75 Å². The Morgan fingerprint density at radius 2 is 1.57 bits per heavy atom. The van der Waals surface area contributed by atoms with Gasteiger partial charge in [-0.1, -0.05) is 36.4 Å². The molecule has 0 bridgehead atoms. The molecule has 0 spiro atoms. The van der Waals surface area contributed by atoms with E-state index >= 15 is 0 Å². The number of aromatic nitrogens is 1. The molecule has 10 nitrogen and oxygen atoms in total. The van der Waals surface area contributed by atoms with Crippen LogP contribution in [0.15, 0.2) is 71.0 Å². The van der Waals surface area contributed by atoms with E-state index in [9.17, 15) is 21.4 Å². The number of benzene rings is 3. The highest BCUT2D eigenvalue weighted by Crippen LogP contribution is 2.39. The Morgan fingerprint density at radius 1 is 0.865 bits per heavy atom. The maximum absolute atomic E-state index is 11.4. The first kappa shape index (κ1) is 25.2. The summed E-state index contributed by atoms with van der Waals surface area (Å²) >= 11 is 0. The van der Waals surface area contributed by atoms with Crippen molar-refractivity contribution in [1.82, 2.24) is 0 Å². The summed E-state index contributed by atoms with van der Waals surface area (Å²) in [6.07, 6.45) is 1.99. The van der Waals surface area contributed by atoms with Gasteiger partial charge >= 0.3 is 5.89 Å². The van der Waals surface area contributed by atoms with E-state index in [1.165, 1.54) is 0 Å². The molecule has 0 radical (unpaired) electrons. The van der Waals surface area contributed by atoms with E-state index in [4.69, 9.17) is 13.7 Å². The molecular weight excluding hydrogens is 520 g/mol. The molecule has 5 rings (SSSR count). The minimum Gasteiger partial charge on any atom is -0.438 e. The highest BCUT2D eigenvalue weighted by molar-refractivity contribution is 7.86. The Bertz CT molecular complexity index is 1730. The molecule has 2 N–H and O–H groups in total. The fraction of sp³-hybridized carbons (Fsp3) is 0.240. The Hall–Kier alpha value is -3.45. The molecule has 12 heteroatoms. The standard InChI is InChI=1S/C25H24N2O8S2/c28-36(29,30)15-5-13-26-20-9-3-4-10-21(20)34-23(26)17-24-27(14-6-16-37(31,32)33)25-19-8-2-1-7-18(19)11-12-22(25)35-24/h1-4,7-12,17H,5-6,13-16H2,(H-,28,29,30,31,32,33)/p+1. The van der Waals surface area contributed by atoms with Crippen molar-refractivity contribution < 1.29 is 39.7 Å². The van der Waals surface area contributed by atoms with Crippen LogP contribution in [0.1, 0.15) is 18.7 Å². The lowest BCUT2D eigenvalue weighted by atomic mass is 10.1. The number of hydrogen-bond acceptors (Lipinski definition) is 7. The van der Waals surface area contributed by atoms with E-state index in [0.29, 0.717) is 23.1 Å². The minimum atomic E-state index is -4.14. The van der Waals surface area contributed by atoms with Gasteiger partial charge in [0.05, 0.1) is 22.6 Å². The maximum atomic E-state index is 11.4. The van der Waals surface area contributed by atoms with Crippen molar-refractivity contribution in [2.24, 2.45) is 0 Å². The smallest absolute Gasteiger partial charge is 0.379 e. The average Bonchev–Trinajstić information content (AvgIpc) is 3.36. The van der Waals surface area contributed by atoms with Crippen molar-refractivity contribution in [3.05, 3.63) is 72.4 Å². The van der Waals surface area contributed by atoms with E-state index in [-0.39, 0.29) is 25.9 Å². The first-order chi connectivity index (χ1) is 17.6. The van der Waals surface area contributed by atoms with Gasteiger partial charge in [0.2, 0.25) is 11.5 Å². The van der Waals surface area contributed by atoms with Gasteiger partial charge in [-0.3, -0.25) is 9.11 Å². The van der Waals surface area contributed by atoms with Crippen molar-refractivity contribution in [3.63, 3.8) is 0 Å². The molecule has 0 atom stereocenters. The molecule has 0 saturated carbocycles. The number of hydrogen-bond donors (Lipinski definition) is 2. The molecule has 4 aromatic rings. The molecule has 37 heavy (non-hydrogen) atoms. The molecule has 0 aliphatic carbocycles. The largest absolute Gasteiger partial charge is 0.438 e. The van der Waals surface area contributed by atoms with Crippen LogP contribution in [0.3, 0.4) is 0 Å². The van der Waals surface area contributed by atoms with Crippen LogP contribution in [-0.4, -0.2) is 44.0 Å². The normalized spacial score (nSPS) is 15.0. The lowest BCUT2D eigenvalue weighted by Gasteiger charge is -2.17. The third-order valence-electron chi connectivity index (χ3n) is 6.07. The topological polar surface area (TPSA) is 138 Å². The molecule has 0 saturated heterocycles. The molecule has 0 amide bonds. The number of oxazole rings is 1. The van der Waals surface area contributed by atoms with E-state index in [1.807, 2.05) is 59.2 Å². The zero-order valence-corrected chi connectivity index (χ0v) is 21.3. The van der Waals surface area contributed by atoms with E-state index in [2.05, 4.69) is 0 Å². The lowest BCUT2D eigenvalue weighted by Crippen LogP contribution is -2.37. The van der Waals surface area contributed by atoms with Gasteiger partial charge in [0, 0.05) is 13.0 Å². The Morgan fingerprint density at radius 3 is 2.35 bits per heavy atom. The van der Waals surface area contributed by atoms with Gasteiger partial charge in [0.1, 0.15) is 6.08 Å². The molecule has 194 valence electrons. The minimum absolute atomic E-state index is 0.149. The molecule has 1 aromatic heterocycles. The second-order valence-corrected chi connectivity index (χ2v) is 11.9. The first-order valence-electron chi connectivity index (χ1n) is 11.6. The Kier molecular flexibility index (Phi) is 6.67. The van der Waals surface area contributed by atoms with Gasteiger partial charge in [-0.15, -0.1) is 0 Å². The lowest BCUT2D eigenvalue weighted by molar-refractivity contribution is -0.677. The van der Waals surface area contributed by atoms with Crippen LogP contribution < -0.4 is 14.2 Å². The van der Waals surface area contributed by atoms with Crippen molar-refractivity contribution in [2.75, 3.05) is 23.0 Å². The summed E-state index contributed by atoms with van der Waals surface area (Å²) < 4.78 is 77.8. The highest BCUT2D eigenvalue weighted by Gasteiger charge is 2.30. The molecule has 2 heterocycles.